The Morgan fingerprint density at radius 3 is 2.25 bits per heavy atom. The summed E-state index contributed by atoms with van der Waals surface area (Å²) >= 11 is 0. The highest BCUT2D eigenvalue weighted by molar-refractivity contribution is 7.86. The highest BCUT2D eigenvalue weighted by Gasteiger charge is 2.37. The van der Waals surface area contributed by atoms with Gasteiger partial charge in [0.15, 0.2) is 5.54 Å². The van der Waals surface area contributed by atoms with Crippen LogP contribution >= 0.6 is 0 Å². The molecule has 0 saturated carbocycles. The maximum absolute atomic E-state index is 13.0. The molecule has 3 N–H and O–H groups in total. The lowest BCUT2D eigenvalue weighted by Crippen LogP contribution is -2.47. The smallest absolute Gasteiger partial charge is 0.336 e. The van der Waals surface area contributed by atoms with Crippen LogP contribution in [0.4, 0.5) is 5.69 Å². The Bertz CT molecular complexity index is 2630. The molecule has 0 spiro atoms. The number of carboxylic acids is 1. The Labute approximate surface area is 307 Å². The van der Waals surface area contributed by atoms with E-state index < -0.39 is 54.7 Å². The maximum atomic E-state index is 13.0. The molecule has 3 heterocycles. The van der Waals surface area contributed by atoms with Crippen LogP contribution in [0.1, 0.15) is 70.7 Å². The van der Waals surface area contributed by atoms with E-state index >= 15 is 0 Å². The third-order valence-electron chi connectivity index (χ3n) is 9.96. The fraction of sp³-hybridized carbons (Fsp3) is 0.289. The Kier molecular flexibility index (Phi) is 8.98. The first-order valence-corrected chi connectivity index (χ1v) is 19.5. The molecule has 0 atom stereocenters. The van der Waals surface area contributed by atoms with Gasteiger partial charge in [-0.1, -0.05) is 18.1 Å². The van der Waals surface area contributed by atoms with Gasteiger partial charge in [-0.3, -0.25) is 9.35 Å². The standard InChI is InChI=1S/C38H37N3O10S2/c1-8-11-39-35(42)21-9-10-24(27(12-21)36(43)44)34-28-13-25-22(19-52(45,46)47)17-37(2,3)40(6)30(25)15-32(28)51-33-16-31-26(14-29(33)34)23(20-53(48,49)50)18-38(4,5)41(31)7/h1,9-10,12-18H,11,19-20H2,2-7H3,(H3-,39,42,43,44,45,46,47,48,49,50). The second-order valence-corrected chi connectivity index (χ2v) is 17.2. The maximum Gasteiger partial charge on any atom is 0.336 e. The van der Waals surface area contributed by atoms with Crippen molar-refractivity contribution < 1.29 is 45.4 Å². The van der Waals surface area contributed by atoms with Gasteiger partial charge in [-0.15, -0.1) is 6.42 Å². The first kappa shape index (κ1) is 37.5. The summed E-state index contributed by atoms with van der Waals surface area (Å²) in [5.41, 5.74) is 1.14. The number of hydrogen-bond acceptors (Lipinski definition) is 9. The first-order valence-electron chi connectivity index (χ1n) is 16.3. The van der Waals surface area contributed by atoms with E-state index in [0.29, 0.717) is 55.6 Å². The minimum Gasteiger partial charge on any atom is -0.748 e. The van der Waals surface area contributed by atoms with E-state index in [1.165, 1.54) is 18.2 Å². The number of nitrogens with zero attached hydrogens (tertiary/aromatic N) is 2. The summed E-state index contributed by atoms with van der Waals surface area (Å²) in [6.07, 6.45) is 8.72. The van der Waals surface area contributed by atoms with Crippen molar-refractivity contribution in [3.63, 3.8) is 0 Å². The molecule has 3 aliphatic heterocycles. The van der Waals surface area contributed by atoms with Gasteiger partial charge in [0.2, 0.25) is 5.36 Å². The van der Waals surface area contributed by atoms with Crippen LogP contribution in [0.2, 0.25) is 0 Å². The zero-order valence-corrected chi connectivity index (χ0v) is 31.4. The lowest BCUT2D eigenvalue weighted by Gasteiger charge is -2.42. The number of ether oxygens (including phenoxy) is 1. The Hall–Kier alpha value is -5.27. The molecule has 13 nitrogen and oxygen atoms in total. The minimum absolute atomic E-state index is 0.0299. The lowest BCUT2D eigenvalue weighted by atomic mass is 9.83. The van der Waals surface area contributed by atoms with Crippen molar-refractivity contribution in [1.82, 2.24) is 9.89 Å². The molecule has 0 fully saturated rings. The molecule has 3 aromatic rings. The number of carbonyl (C=O) groups is 2. The average Bonchev–Trinajstić information content (AvgIpc) is 3.04. The molecule has 276 valence electrons. The highest BCUT2D eigenvalue weighted by Crippen LogP contribution is 2.46. The number of carboxylic acid groups (broad SMARTS) is 1. The number of rotatable bonds is 8. The van der Waals surface area contributed by atoms with Crippen molar-refractivity contribution in [2.75, 3.05) is 37.0 Å². The topological polar surface area (TPSA) is 193 Å². The van der Waals surface area contributed by atoms with E-state index in [2.05, 4.69) is 11.2 Å². The molecule has 1 amide bonds. The quantitative estimate of drug-likeness (QED) is 0.136. The molecular weight excluding hydrogens is 723 g/mol. The Morgan fingerprint density at radius 2 is 1.62 bits per heavy atom. The molecular formula is C38H37N3O10S2. The summed E-state index contributed by atoms with van der Waals surface area (Å²) in [5.74, 6) is -0.570. The van der Waals surface area contributed by atoms with Crippen LogP contribution in [0.3, 0.4) is 0 Å². The van der Waals surface area contributed by atoms with E-state index in [1.54, 1.807) is 36.4 Å². The summed E-state index contributed by atoms with van der Waals surface area (Å²) in [6, 6.07) is 10.9. The van der Waals surface area contributed by atoms with Gasteiger partial charge < -0.3 is 24.6 Å². The minimum atomic E-state index is -4.74. The highest BCUT2D eigenvalue weighted by atomic mass is 32.2. The Morgan fingerprint density at radius 1 is 0.943 bits per heavy atom. The molecule has 0 unspecified atom stereocenters. The first-order chi connectivity index (χ1) is 24.5. The van der Waals surface area contributed by atoms with E-state index in [1.807, 2.05) is 51.3 Å². The number of fused-ring (bicyclic) bond motifs is 4. The van der Waals surface area contributed by atoms with Crippen molar-refractivity contribution in [2.45, 2.75) is 38.8 Å². The fourth-order valence-electron chi connectivity index (χ4n) is 7.08. The number of likely N-dealkylation sites (N-methyl/N-ethyl adjacent to an activating group) is 2. The number of aromatic carboxylic acids is 1. The fourth-order valence-corrected chi connectivity index (χ4v) is 8.33. The molecule has 15 heteroatoms. The molecule has 53 heavy (non-hydrogen) atoms. The zero-order valence-electron chi connectivity index (χ0n) is 29.8. The lowest BCUT2D eigenvalue weighted by molar-refractivity contribution is 0.0696. The van der Waals surface area contributed by atoms with Crippen LogP contribution < -0.4 is 30.1 Å². The van der Waals surface area contributed by atoms with Crippen molar-refractivity contribution in [3.8, 4) is 23.8 Å². The van der Waals surface area contributed by atoms with Crippen LogP contribution in [0, 0.1) is 12.3 Å². The summed E-state index contributed by atoms with van der Waals surface area (Å²) in [6.45, 7) is 7.40. The van der Waals surface area contributed by atoms with Crippen LogP contribution in [-0.2, 0) is 20.2 Å². The van der Waals surface area contributed by atoms with Gasteiger partial charge in [0.1, 0.15) is 24.3 Å². The summed E-state index contributed by atoms with van der Waals surface area (Å²) < 4.78 is 79.3. The van der Waals surface area contributed by atoms with Gasteiger partial charge in [0.25, 0.3) is 16.0 Å². The van der Waals surface area contributed by atoms with Crippen molar-refractivity contribution in [3.05, 3.63) is 98.6 Å². The largest absolute Gasteiger partial charge is 0.748 e. The van der Waals surface area contributed by atoms with Gasteiger partial charge in [-0.25, -0.2) is 17.8 Å². The number of amides is 1. The number of benzene rings is 3. The van der Waals surface area contributed by atoms with E-state index in [-0.39, 0.29) is 28.8 Å². The normalized spacial score (nSPS) is 16.8. The van der Waals surface area contributed by atoms with Gasteiger partial charge in [0, 0.05) is 60.1 Å². The molecule has 0 bridgehead atoms. The van der Waals surface area contributed by atoms with Gasteiger partial charge in [0.05, 0.1) is 45.1 Å². The molecule has 0 aliphatic carbocycles. The number of anilines is 1. The van der Waals surface area contributed by atoms with Gasteiger partial charge >= 0.3 is 5.97 Å². The summed E-state index contributed by atoms with van der Waals surface area (Å²) in [5, 5.41) is 14.0. The van der Waals surface area contributed by atoms with Crippen molar-refractivity contribution >= 4 is 54.5 Å². The molecule has 6 rings (SSSR count). The van der Waals surface area contributed by atoms with Crippen LogP contribution in [0.15, 0.2) is 54.6 Å². The van der Waals surface area contributed by atoms with Crippen molar-refractivity contribution in [1.29, 1.82) is 0 Å². The molecule has 3 aromatic carbocycles. The summed E-state index contributed by atoms with van der Waals surface area (Å²) in [7, 11) is -5.59. The van der Waals surface area contributed by atoms with Crippen LogP contribution in [0.25, 0.3) is 16.7 Å². The second kappa shape index (κ2) is 12.7. The van der Waals surface area contributed by atoms with E-state index in [4.69, 9.17) is 11.2 Å². The SMILES string of the molecule is C#CCNC(=O)c1ccc(C2=c3cc4c(cc3Oc3cc5c(cc32)C(CS(=O)(=O)[O-])=CC(C)(C)N5C)=[N+](C)C(C)(C)C=C4CS(=O)(=O)O)c(C(=O)O)c1. The molecule has 0 radical (unpaired) electrons. The molecule has 0 saturated heterocycles. The monoisotopic (exact) mass is 759 g/mol. The molecule has 0 aromatic heterocycles. The predicted octanol–water partition coefficient (Wildman–Crippen LogP) is 2.44. The van der Waals surface area contributed by atoms with Gasteiger partial charge in [-0.2, -0.15) is 8.42 Å². The van der Waals surface area contributed by atoms with Crippen LogP contribution in [0.5, 0.6) is 11.5 Å². The average molecular weight is 760 g/mol. The van der Waals surface area contributed by atoms with Crippen molar-refractivity contribution in [2.24, 2.45) is 0 Å². The summed E-state index contributed by atoms with van der Waals surface area (Å²) in [4.78, 5) is 27.7. The van der Waals surface area contributed by atoms with E-state index in [9.17, 15) is 40.6 Å². The number of carbonyl (C=O) groups excluding carboxylic acids is 1. The predicted molar refractivity (Wildman–Crippen MR) is 199 cm³/mol. The number of terminal acetylenes is 1. The third-order valence-corrected chi connectivity index (χ3v) is 11.3. The van der Waals surface area contributed by atoms with E-state index in [0.717, 1.165) is 0 Å². The molecule has 3 aliphatic rings. The second-order valence-electron chi connectivity index (χ2n) is 14.4. The number of hydrogen-bond donors (Lipinski definition) is 3. The third kappa shape index (κ3) is 6.98. The van der Waals surface area contributed by atoms with Gasteiger partial charge in [-0.05, 0) is 60.9 Å². The number of nitrogens with one attached hydrogen (secondary N) is 1. The zero-order chi connectivity index (χ0) is 39.0. The van der Waals surface area contributed by atoms with Crippen LogP contribution in [-0.4, -0.2) is 86.1 Å². The Balaban J connectivity index is 1.76.